The number of nitrogens with zero attached hydrogens (tertiary/aromatic N) is 7. The van der Waals surface area contributed by atoms with Gasteiger partial charge in [-0.05, 0) is 74.0 Å². The molecule has 2 aromatic heterocycles. The summed E-state index contributed by atoms with van der Waals surface area (Å²) in [6.45, 7) is 7.34. The monoisotopic (exact) mass is 790 g/mol. The summed E-state index contributed by atoms with van der Waals surface area (Å²) >= 11 is 0. The van der Waals surface area contributed by atoms with Crippen LogP contribution in [-0.4, -0.2) is 121 Å². The van der Waals surface area contributed by atoms with Gasteiger partial charge in [-0.25, -0.2) is 0 Å². The number of nitro groups is 1. The van der Waals surface area contributed by atoms with Gasteiger partial charge in [-0.3, -0.25) is 29.6 Å². The lowest BCUT2D eigenvalue weighted by atomic mass is 9.95. The number of carbonyl (C=O) groups is 2. The second-order valence-corrected chi connectivity index (χ2v) is 14.6. The molecule has 0 saturated carbocycles. The van der Waals surface area contributed by atoms with E-state index in [0.29, 0.717) is 93.5 Å². The molecule has 58 heavy (non-hydrogen) atoms. The number of non-ortho nitro benzene ring substituents is 1. The van der Waals surface area contributed by atoms with Crippen LogP contribution in [0.15, 0.2) is 84.2 Å². The molecule has 2 fully saturated rings. The van der Waals surface area contributed by atoms with Crippen molar-refractivity contribution in [2.45, 2.75) is 38.5 Å². The number of nitro benzene ring substituents is 1. The highest BCUT2D eigenvalue weighted by Crippen LogP contribution is 2.38. The van der Waals surface area contributed by atoms with Crippen molar-refractivity contribution in [3.63, 3.8) is 0 Å². The SMILES string of the molecule is COc1cc2c(Cc3ccncc3)nnc(N3CCN(C(=O)C4=CCCC=C4C(=O)NCCc4ccc([N+](=O)[O-])cc4)CC3)c2cc1OCCCCN1CCOCC1. The van der Waals surface area contributed by atoms with Crippen LogP contribution in [0.1, 0.15) is 42.5 Å². The van der Waals surface area contributed by atoms with E-state index in [4.69, 9.17) is 24.4 Å². The first-order valence-corrected chi connectivity index (χ1v) is 20.0. The molecule has 15 nitrogen and oxygen atoms in total. The third-order valence-electron chi connectivity index (χ3n) is 10.8. The summed E-state index contributed by atoms with van der Waals surface area (Å²) in [5, 5.41) is 25.2. The Morgan fingerprint density at radius 3 is 2.31 bits per heavy atom. The predicted octanol–water partition coefficient (Wildman–Crippen LogP) is 4.68. The van der Waals surface area contributed by atoms with Crippen molar-refractivity contribution < 1.29 is 28.7 Å². The summed E-state index contributed by atoms with van der Waals surface area (Å²) < 4.78 is 17.7. The highest BCUT2D eigenvalue weighted by atomic mass is 16.6. The number of hydrogen-bond acceptors (Lipinski definition) is 12. The molecule has 0 unspecified atom stereocenters. The van der Waals surface area contributed by atoms with Crippen LogP contribution in [0, 0.1) is 10.1 Å². The number of carbonyl (C=O) groups excluding carboxylic acids is 2. The van der Waals surface area contributed by atoms with Gasteiger partial charge in [0.1, 0.15) is 0 Å². The maximum absolute atomic E-state index is 14.0. The van der Waals surface area contributed by atoms with E-state index >= 15 is 0 Å². The van der Waals surface area contributed by atoms with Crippen LogP contribution in [-0.2, 0) is 27.2 Å². The average Bonchev–Trinajstić information content (AvgIpc) is 3.27. The zero-order valence-corrected chi connectivity index (χ0v) is 32.9. The second-order valence-electron chi connectivity index (χ2n) is 14.6. The van der Waals surface area contributed by atoms with E-state index in [1.807, 2.05) is 36.4 Å². The van der Waals surface area contributed by atoms with Gasteiger partial charge >= 0.3 is 0 Å². The third kappa shape index (κ3) is 9.95. The van der Waals surface area contributed by atoms with Gasteiger partial charge in [0.15, 0.2) is 17.3 Å². The zero-order chi connectivity index (χ0) is 40.3. The standard InChI is InChI=1S/C43H50N8O7/c1-56-39-29-36-37(30-40(39)58-25-5-4-18-48-23-26-57-27-24-48)41(47-46-38(36)28-32-12-15-44-16-13-32)49-19-21-50(22-20-49)43(53)35-7-3-2-6-34(35)42(52)45-17-14-31-8-10-33(11-9-31)51(54)55/h6-13,15-16,29-30H,2-5,14,17-28H2,1H3,(H,45,52). The van der Waals surface area contributed by atoms with Crippen molar-refractivity contribution in [2.75, 3.05) is 84.2 Å². The number of piperazine rings is 1. The number of aromatic nitrogens is 3. The highest BCUT2D eigenvalue weighted by molar-refractivity contribution is 6.11. The molecule has 4 heterocycles. The van der Waals surface area contributed by atoms with Crippen molar-refractivity contribution >= 4 is 34.1 Å². The number of methoxy groups -OCH3 is 1. The lowest BCUT2D eigenvalue weighted by molar-refractivity contribution is -0.384. The van der Waals surface area contributed by atoms with Gasteiger partial charge in [0.05, 0.1) is 37.5 Å². The third-order valence-corrected chi connectivity index (χ3v) is 10.8. The van der Waals surface area contributed by atoms with Crippen LogP contribution in [0.2, 0.25) is 0 Å². The van der Waals surface area contributed by atoms with Crippen LogP contribution in [0.25, 0.3) is 10.8 Å². The minimum atomic E-state index is -0.440. The van der Waals surface area contributed by atoms with Crippen LogP contribution < -0.4 is 19.7 Å². The number of benzene rings is 2. The molecule has 2 aromatic carbocycles. The quantitative estimate of drug-likeness (QED) is 0.0949. The van der Waals surface area contributed by atoms with Gasteiger partial charge < -0.3 is 29.3 Å². The fourth-order valence-electron chi connectivity index (χ4n) is 7.56. The van der Waals surface area contributed by atoms with E-state index in [1.54, 1.807) is 36.5 Å². The molecule has 2 saturated heterocycles. The van der Waals surface area contributed by atoms with E-state index in [-0.39, 0.29) is 17.5 Å². The molecular formula is C43H50N8O7. The van der Waals surface area contributed by atoms with Gasteiger partial charge in [0, 0.05) is 98.7 Å². The first-order valence-electron chi connectivity index (χ1n) is 20.0. The van der Waals surface area contributed by atoms with Crippen LogP contribution >= 0.6 is 0 Å². The topological polar surface area (TPSA) is 165 Å². The Bertz CT molecular complexity index is 2130. The van der Waals surface area contributed by atoms with Gasteiger partial charge in [-0.2, -0.15) is 5.10 Å². The van der Waals surface area contributed by atoms with E-state index in [2.05, 4.69) is 20.1 Å². The van der Waals surface area contributed by atoms with Crippen LogP contribution in [0.5, 0.6) is 11.5 Å². The Hall–Kier alpha value is -5.93. The van der Waals surface area contributed by atoms with Crippen molar-refractivity contribution in [1.82, 2.24) is 30.3 Å². The molecule has 2 aliphatic heterocycles. The van der Waals surface area contributed by atoms with E-state index in [1.165, 1.54) is 12.1 Å². The number of ether oxygens (including phenoxy) is 3. The van der Waals surface area contributed by atoms with E-state index in [0.717, 1.165) is 73.3 Å². The summed E-state index contributed by atoms with van der Waals surface area (Å²) in [5.74, 6) is 1.51. The normalized spacial score (nSPS) is 16.1. The number of anilines is 1. The number of allylic oxidation sites excluding steroid dienone is 2. The summed E-state index contributed by atoms with van der Waals surface area (Å²) in [4.78, 5) is 48.4. The maximum Gasteiger partial charge on any atom is 0.269 e. The minimum absolute atomic E-state index is 0.0199. The molecule has 4 aromatic rings. The molecule has 1 N–H and O–H groups in total. The largest absolute Gasteiger partial charge is 0.493 e. The molecule has 7 rings (SSSR count). The van der Waals surface area contributed by atoms with E-state index in [9.17, 15) is 19.7 Å². The maximum atomic E-state index is 14.0. The lowest BCUT2D eigenvalue weighted by Gasteiger charge is -2.36. The summed E-state index contributed by atoms with van der Waals surface area (Å²) in [6.07, 6.45) is 11.6. The van der Waals surface area contributed by atoms with Gasteiger partial charge in [-0.15, -0.1) is 5.10 Å². The number of pyridine rings is 1. The second kappa shape index (κ2) is 19.5. The molecule has 304 valence electrons. The summed E-state index contributed by atoms with van der Waals surface area (Å²) in [5.41, 5.74) is 3.56. The number of unbranched alkanes of at least 4 members (excludes halogenated alkanes) is 1. The van der Waals surface area contributed by atoms with Crippen LogP contribution in [0.4, 0.5) is 11.5 Å². The number of hydrogen-bond donors (Lipinski definition) is 1. The Morgan fingerprint density at radius 1 is 0.862 bits per heavy atom. The fourth-order valence-corrected chi connectivity index (χ4v) is 7.56. The highest BCUT2D eigenvalue weighted by Gasteiger charge is 2.30. The minimum Gasteiger partial charge on any atom is -0.493 e. The van der Waals surface area contributed by atoms with E-state index < -0.39 is 4.92 Å². The van der Waals surface area contributed by atoms with Gasteiger partial charge in [-0.1, -0.05) is 24.3 Å². The van der Waals surface area contributed by atoms with Gasteiger partial charge in [0.2, 0.25) is 0 Å². The molecule has 0 radical (unpaired) electrons. The number of nitrogens with one attached hydrogen (secondary N) is 1. The number of morpholine rings is 1. The number of fused-ring (bicyclic) bond motifs is 1. The first kappa shape index (κ1) is 40.3. The Balaban J connectivity index is 1.02. The Labute approximate surface area is 337 Å². The van der Waals surface area contributed by atoms with Crippen molar-refractivity contribution in [3.8, 4) is 11.5 Å². The average molecular weight is 791 g/mol. The summed E-state index contributed by atoms with van der Waals surface area (Å²) in [7, 11) is 1.65. The smallest absolute Gasteiger partial charge is 0.269 e. The number of rotatable bonds is 16. The zero-order valence-electron chi connectivity index (χ0n) is 32.9. The lowest BCUT2D eigenvalue weighted by Crippen LogP contribution is -2.50. The Morgan fingerprint density at radius 2 is 1.59 bits per heavy atom. The molecule has 15 heteroatoms. The molecule has 2 amide bonds. The van der Waals surface area contributed by atoms with Gasteiger partial charge in [0.25, 0.3) is 17.5 Å². The Kier molecular flexibility index (Phi) is 13.5. The molecule has 0 bridgehead atoms. The number of amides is 2. The first-order chi connectivity index (χ1) is 28.4. The predicted molar refractivity (Wildman–Crippen MR) is 219 cm³/mol. The molecule has 0 atom stereocenters. The summed E-state index contributed by atoms with van der Waals surface area (Å²) in [6, 6.07) is 14.2. The van der Waals surface area contributed by atoms with Crippen molar-refractivity contribution in [2.24, 2.45) is 0 Å². The fraction of sp³-hybridized carbons (Fsp3) is 0.419. The molecule has 1 aliphatic carbocycles. The molecule has 0 spiro atoms. The molecule has 3 aliphatic rings. The van der Waals surface area contributed by atoms with Crippen LogP contribution in [0.3, 0.4) is 0 Å². The van der Waals surface area contributed by atoms with Crippen molar-refractivity contribution in [3.05, 3.63) is 111 Å². The van der Waals surface area contributed by atoms with Crippen molar-refractivity contribution in [1.29, 1.82) is 0 Å². The molecular weight excluding hydrogens is 741 g/mol.